The van der Waals surface area contributed by atoms with Crippen LogP contribution < -0.4 is 9.47 Å². The number of hydrogen-bond donors (Lipinski definition) is 0. The minimum atomic E-state index is -0.664. The summed E-state index contributed by atoms with van der Waals surface area (Å²) in [6.07, 6.45) is 1.44. The van der Waals surface area contributed by atoms with E-state index < -0.39 is 16.8 Å². The Bertz CT molecular complexity index is 1130. The summed E-state index contributed by atoms with van der Waals surface area (Å²) in [5.41, 5.74) is 1.62. The summed E-state index contributed by atoms with van der Waals surface area (Å²) < 4.78 is 15.1. The van der Waals surface area contributed by atoms with E-state index in [1.54, 1.807) is 32.2 Å². The lowest BCUT2D eigenvalue weighted by Crippen LogP contribution is -2.24. The molecule has 0 unspecified atom stereocenters. The Morgan fingerprint density at radius 1 is 1.09 bits per heavy atom. The van der Waals surface area contributed by atoms with Crippen LogP contribution >= 0.6 is 0 Å². The average Bonchev–Trinajstić information content (AvgIpc) is 3.03. The highest BCUT2D eigenvalue weighted by molar-refractivity contribution is 6.16. The minimum Gasteiger partial charge on any atom is -0.497 e. The molecule has 1 heterocycles. The van der Waals surface area contributed by atoms with Crippen molar-refractivity contribution >= 4 is 23.6 Å². The van der Waals surface area contributed by atoms with Crippen LogP contribution in [0.25, 0.3) is 6.08 Å². The van der Waals surface area contributed by atoms with E-state index in [0.717, 1.165) is 5.56 Å². The van der Waals surface area contributed by atoms with Crippen LogP contribution in [0.5, 0.6) is 11.5 Å². The van der Waals surface area contributed by atoms with E-state index in [9.17, 15) is 19.7 Å². The Balaban J connectivity index is 2.03. The molecule has 1 aliphatic rings. The van der Waals surface area contributed by atoms with Crippen LogP contribution in [0.2, 0.25) is 0 Å². The molecule has 0 radical (unpaired) electrons. The van der Waals surface area contributed by atoms with Crippen molar-refractivity contribution in [3.8, 4) is 11.5 Å². The number of carbonyl (C=O) groups is 2. The molecular formula is C23H22N2O7. The van der Waals surface area contributed by atoms with Gasteiger partial charge in [0.2, 0.25) is 0 Å². The Morgan fingerprint density at radius 2 is 1.78 bits per heavy atom. The smallest absolute Gasteiger partial charge is 0.340 e. The number of benzene rings is 2. The Labute approximate surface area is 184 Å². The summed E-state index contributed by atoms with van der Waals surface area (Å²) in [4.78, 5) is 38.0. The fourth-order valence-corrected chi connectivity index (χ4v) is 3.44. The molecule has 1 aliphatic heterocycles. The number of amides is 1. The van der Waals surface area contributed by atoms with Gasteiger partial charge in [0.15, 0.2) is 5.75 Å². The lowest BCUT2D eigenvalue weighted by atomic mass is 10.0. The number of nitro benzene ring substituents is 1. The van der Waals surface area contributed by atoms with Crippen molar-refractivity contribution in [2.24, 2.45) is 0 Å². The first-order valence-corrected chi connectivity index (χ1v) is 9.59. The van der Waals surface area contributed by atoms with Gasteiger partial charge in [0.05, 0.1) is 43.9 Å². The number of nitrogens with zero attached hydrogens (tertiary/aromatic N) is 2. The van der Waals surface area contributed by atoms with Gasteiger partial charge in [0, 0.05) is 11.8 Å². The zero-order chi connectivity index (χ0) is 23.4. The molecule has 3 rings (SSSR count). The van der Waals surface area contributed by atoms with Crippen molar-refractivity contribution in [2.45, 2.75) is 13.5 Å². The van der Waals surface area contributed by atoms with Gasteiger partial charge in [-0.25, -0.2) is 4.79 Å². The van der Waals surface area contributed by atoms with Gasteiger partial charge < -0.3 is 19.1 Å². The summed E-state index contributed by atoms with van der Waals surface area (Å²) in [6.45, 7) is 1.89. The maximum absolute atomic E-state index is 13.2. The number of rotatable bonds is 7. The normalized spacial score (nSPS) is 14.7. The summed E-state index contributed by atoms with van der Waals surface area (Å²) in [6, 6.07) is 11.5. The molecule has 0 bridgehead atoms. The highest BCUT2D eigenvalue weighted by Gasteiger charge is 2.37. The minimum absolute atomic E-state index is 0.0935. The third-order valence-electron chi connectivity index (χ3n) is 5.11. The van der Waals surface area contributed by atoms with Gasteiger partial charge in [-0.3, -0.25) is 14.9 Å². The van der Waals surface area contributed by atoms with E-state index in [2.05, 4.69) is 0 Å². The molecular weight excluding hydrogens is 416 g/mol. The fourth-order valence-electron chi connectivity index (χ4n) is 3.44. The summed E-state index contributed by atoms with van der Waals surface area (Å²) in [7, 11) is 4.13. The number of hydrogen-bond acceptors (Lipinski definition) is 7. The lowest BCUT2D eigenvalue weighted by Gasteiger charge is -2.18. The van der Waals surface area contributed by atoms with E-state index in [0.29, 0.717) is 17.0 Å². The van der Waals surface area contributed by atoms with Crippen LogP contribution in [0.4, 0.5) is 5.69 Å². The molecule has 166 valence electrons. The van der Waals surface area contributed by atoms with Gasteiger partial charge in [-0.1, -0.05) is 18.2 Å². The second-order valence-corrected chi connectivity index (χ2v) is 6.94. The SMILES string of the molecule is COC(=O)C1=C(C)N(Cc2ccc(OC)cc2)C(=O)/C1=C\c1ccc(OC)c([N+](=O)[O-])c1. The standard InChI is InChI=1S/C23H22N2O7/c1-14-21(23(27)32-4)18(11-16-7-10-20(31-3)19(12-16)25(28)29)22(26)24(14)13-15-5-8-17(30-2)9-6-15/h5-12H,13H2,1-4H3/b18-11-. The van der Waals surface area contributed by atoms with Crippen molar-refractivity contribution in [1.82, 2.24) is 4.90 Å². The van der Waals surface area contributed by atoms with Gasteiger partial charge in [-0.15, -0.1) is 0 Å². The molecule has 0 N–H and O–H groups in total. The monoisotopic (exact) mass is 438 g/mol. The molecule has 0 aromatic heterocycles. The van der Waals surface area contributed by atoms with Gasteiger partial charge in [0.1, 0.15) is 5.75 Å². The third-order valence-corrected chi connectivity index (χ3v) is 5.11. The molecule has 0 fully saturated rings. The Kier molecular flexibility index (Phi) is 6.58. The van der Waals surface area contributed by atoms with Crippen molar-refractivity contribution in [3.63, 3.8) is 0 Å². The number of carbonyl (C=O) groups excluding carboxylic acids is 2. The van der Waals surface area contributed by atoms with Crippen molar-refractivity contribution in [3.05, 3.63) is 80.5 Å². The highest BCUT2D eigenvalue weighted by atomic mass is 16.6. The molecule has 2 aromatic rings. The number of ether oxygens (including phenoxy) is 3. The molecule has 0 spiro atoms. The number of methoxy groups -OCH3 is 3. The molecule has 1 amide bonds. The molecule has 0 atom stereocenters. The van der Waals surface area contributed by atoms with Gasteiger partial charge in [-0.2, -0.15) is 0 Å². The highest BCUT2D eigenvalue weighted by Crippen LogP contribution is 2.34. The van der Waals surface area contributed by atoms with Crippen LogP contribution in [0.15, 0.2) is 59.3 Å². The predicted molar refractivity (Wildman–Crippen MR) is 116 cm³/mol. The average molecular weight is 438 g/mol. The molecule has 0 aliphatic carbocycles. The van der Waals surface area contributed by atoms with E-state index in [1.165, 1.54) is 37.3 Å². The molecule has 2 aromatic carbocycles. The van der Waals surface area contributed by atoms with Crippen LogP contribution in [0.3, 0.4) is 0 Å². The first-order chi connectivity index (χ1) is 15.3. The van der Waals surface area contributed by atoms with Crippen LogP contribution in [0.1, 0.15) is 18.1 Å². The second kappa shape index (κ2) is 9.34. The van der Waals surface area contributed by atoms with Crippen molar-refractivity contribution < 1.29 is 28.7 Å². The number of allylic oxidation sites excluding steroid dienone is 1. The van der Waals surface area contributed by atoms with E-state index in [1.807, 2.05) is 12.1 Å². The van der Waals surface area contributed by atoms with E-state index in [4.69, 9.17) is 14.2 Å². The van der Waals surface area contributed by atoms with Gasteiger partial charge in [-0.05, 0) is 42.3 Å². The number of esters is 1. The molecule has 9 nitrogen and oxygen atoms in total. The van der Waals surface area contributed by atoms with Gasteiger partial charge >= 0.3 is 11.7 Å². The van der Waals surface area contributed by atoms with E-state index in [-0.39, 0.29) is 29.1 Å². The third kappa shape index (κ3) is 4.31. The first-order valence-electron chi connectivity index (χ1n) is 9.59. The quantitative estimate of drug-likeness (QED) is 0.282. The molecule has 0 saturated heterocycles. The summed E-state index contributed by atoms with van der Waals surface area (Å²) >= 11 is 0. The molecule has 32 heavy (non-hydrogen) atoms. The maximum atomic E-state index is 13.2. The Morgan fingerprint density at radius 3 is 2.34 bits per heavy atom. The van der Waals surface area contributed by atoms with Crippen LogP contribution in [-0.2, 0) is 20.9 Å². The zero-order valence-corrected chi connectivity index (χ0v) is 18.1. The Hall–Kier alpha value is -4.14. The second-order valence-electron chi connectivity index (χ2n) is 6.94. The first kappa shape index (κ1) is 22.5. The van der Waals surface area contributed by atoms with Crippen LogP contribution in [0, 0.1) is 10.1 Å². The molecule has 0 saturated carbocycles. The summed E-state index contributed by atoms with van der Waals surface area (Å²) in [5.74, 6) is -0.291. The van der Waals surface area contributed by atoms with Crippen LogP contribution in [-0.4, -0.2) is 43.0 Å². The number of nitro groups is 1. The van der Waals surface area contributed by atoms with E-state index >= 15 is 0 Å². The zero-order valence-electron chi connectivity index (χ0n) is 18.1. The lowest BCUT2D eigenvalue weighted by molar-refractivity contribution is -0.385. The van der Waals surface area contributed by atoms with Crippen molar-refractivity contribution in [2.75, 3.05) is 21.3 Å². The predicted octanol–water partition coefficient (Wildman–Crippen LogP) is 3.48. The summed E-state index contributed by atoms with van der Waals surface area (Å²) in [5, 5.41) is 11.3. The maximum Gasteiger partial charge on any atom is 0.340 e. The fraction of sp³-hybridized carbons (Fsp3) is 0.217. The largest absolute Gasteiger partial charge is 0.497 e. The topological polar surface area (TPSA) is 108 Å². The van der Waals surface area contributed by atoms with Gasteiger partial charge in [0.25, 0.3) is 5.91 Å². The molecule has 9 heteroatoms. The van der Waals surface area contributed by atoms with Crippen molar-refractivity contribution in [1.29, 1.82) is 0 Å².